The Bertz CT molecular complexity index is 674. The number of nitrogens with one attached hydrogen (secondary N) is 1. The quantitative estimate of drug-likeness (QED) is 0.784. The molecule has 1 aromatic rings. The average molecular weight is 383 g/mol. The van der Waals surface area contributed by atoms with E-state index >= 15 is 0 Å². The topological polar surface area (TPSA) is 67.9 Å². The number of ether oxygens (including phenoxy) is 2. The Labute approximate surface area is 156 Å². The van der Waals surface area contributed by atoms with Crippen molar-refractivity contribution in [3.05, 3.63) is 24.3 Å². The molecular formula is C19H30N2O4S. The first kappa shape index (κ1) is 19.5. The van der Waals surface area contributed by atoms with Crippen LogP contribution in [0.3, 0.4) is 0 Å². The second kappa shape index (κ2) is 9.06. The zero-order valence-corrected chi connectivity index (χ0v) is 16.3. The molecule has 1 saturated carbocycles. The summed E-state index contributed by atoms with van der Waals surface area (Å²) in [5.74, 6) is 1.19. The van der Waals surface area contributed by atoms with Gasteiger partial charge in [0.05, 0.1) is 25.6 Å². The predicted molar refractivity (Wildman–Crippen MR) is 103 cm³/mol. The third-order valence-corrected chi connectivity index (χ3v) is 6.70. The van der Waals surface area contributed by atoms with Gasteiger partial charge in [-0.05, 0) is 31.9 Å². The van der Waals surface area contributed by atoms with E-state index in [1.807, 2.05) is 12.1 Å². The predicted octanol–water partition coefficient (Wildman–Crippen LogP) is 2.40. The van der Waals surface area contributed by atoms with Crippen molar-refractivity contribution in [3.63, 3.8) is 0 Å². The summed E-state index contributed by atoms with van der Waals surface area (Å²) in [7, 11) is -3.18. The number of nitrogens with zero attached hydrogens (tertiary/aromatic N) is 1. The maximum Gasteiger partial charge on any atom is 0.211 e. The largest absolute Gasteiger partial charge is 0.493 e. The lowest BCUT2D eigenvalue weighted by atomic mass is 9.86. The maximum atomic E-state index is 11.9. The molecule has 2 aliphatic rings. The van der Waals surface area contributed by atoms with Crippen LogP contribution < -0.4 is 14.4 Å². The molecule has 1 saturated heterocycles. The van der Waals surface area contributed by atoms with E-state index in [-0.39, 0.29) is 17.7 Å². The Morgan fingerprint density at radius 2 is 2.00 bits per heavy atom. The highest BCUT2D eigenvalue weighted by atomic mass is 32.2. The molecule has 3 rings (SSSR count). The van der Waals surface area contributed by atoms with E-state index in [4.69, 9.17) is 9.47 Å². The van der Waals surface area contributed by atoms with Gasteiger partial charge in [0.2, 0.25) is 10.0 Å². The SMILES string of the molecule is CCS(=O)(=O)N[C@@H]1CCCC[C@H]1COc1cccc(N2CCOCC2)c1. The summed E-state index contributed by atoms with van der Waals surface area (Å²) >= 11 is 0. The molecule has 1 N–H and O–H groups in total. The fourth-order valence-electron chi connectivity index (χ4n) is 3.67. The Kier molecular flexibility index (Phi) is 6.78. The second-order valence-corrected chi connectivity index (χ2v) is 9.12. The minimum atomic E-state index is -3.18. The summed E-state index contributed by atoms with van der Waals surface area (Å²) in [5, 5.41) is 0. The summed E-state index contributed by atoms with van der Waals surface area (Å²) in [4.78, 5) is 2.30. The Hall–Kier alpha value is -1.31. The Morgan fingerprint density at radius 1 is 1.23 bits per heavy atom. The van der Waals surface area contributed by atoms with Crippen LogP contribution in [0.15, 0.2) is 24.3 Å². The van der Waals surface area contributed by atoms with Crippen molar-refractivity contribution in [1.82, 2.24) is 4.72 Å². The summed E-state index contributed by atoms with van der Waals surface area (Å²) < 4.78 is 38.2. The lowest BCUT2D eigenvalue weighted by Gasteiger charge is -2.32. The van der Waals surface area contributed by atoms with Gasteiger partial charge < -0.3 is 14.4 Å². The second-order valence-electron chi connectivity index (χ2n) is 7.08. The third-order valence-electron chi connectivity index (χ3n) is 5.28. The molecule has 6 nitrogen and oxygen atoms in total. The van der Waals surface area contributed by atoms with Crippen LogP contribution in [0, 0.1) is 5.92 Å². The van der Waals surface area contributed by atoms with Crippen molar-refractivity contribution in [3.8, 4) is 5.75 Å². The Balaban J connectivity index is 1.60. The highest BCUT2D eigenvalue weighted by Gasteiger charge is 2.28. The van der Waals surface area contributed by atoms with Gasteiger partial charge in [0.15, 0.2) is 0 Å². The first-order valence-corrected chi connectivity index (χ1v) is 11.3. The fourth-order valence-corrected chi connectivity index (χ4v) is 4.61. The van der Waals surface area contributed by atoms with Crippen molar-refractivity contribution < 1.29 is 17.9 Å². The van der Waals surface area contributed by atoms with Gasteiger partial charge in [-0.2, -0.15) is 0 Å². The molecule has 0 radical (unpaired) electrons. The number of anilines is 1. The first-order chi connectivity index (χ1) is 12.6. The summed E-state index contributed by atoms with van der Waals surface area (Å²) in [6.07, 6.45) is 4.09. The third kappa shape index (κ3) is 5.34. The van der Waals surface area contributed by atoms with Crippen molar-refractivity contribution in [2.75, 3.05) is 43.6 Å². The molecular weight excluding hydrogens is 352 g/mol. The molecule has 0 aromatic heterocycles. The van der Waals surface area contributed by atoms with Crippen LogP contribution in [-0.2, 0) is 14.8 Å². The van der Waals surface area contributed by atoms with E-state index in [2.05, 4.69) is 21.8 Å². The lowest BCUT2D eigenvalue weighted by Crippen LogP contribution is -2.44. The van der Waals surface area contributed by atoms with E-state index in [0.717, 1.165) is 63.4 Å². The summed E-state index contributed by atoms with van der Waals surface area (Å²) in [6, 6.07) is 8.13. The molecule has 0 spiro atoms. The standard InChI is InChI=1S/C19H30N2O4S/c1-2-26(22,23)20-19-9-4-3-6-16(19)15-25-18-8-5-7-17(14-18)21-10-12-24-13-11-21/h5,7-8,14,16,19-20H,2-4,6,9-13,15H2,1H3/t16-,19+/m0/s1. The van der Waals surface area contributed by atoms with Gasteiger partial charge in [-0.25, -0.2) is 13.1 Å². The van der Waals surface area contributed by atoms with Gasteiger partial charge in [0, 0.05) is 36.8 Å². The average Bonchev–Trinajstić information content (AvgIpc) is 2.68. The smallest absolute Gasteiger partial charge is 0.211 e. The van der Waals surface area contributed by atoms with Gasteiger partial charge in [-0.15, -0.1) is 0 Å². The maximum absolute atomic E-state index is 11.9. The highest BCUT2D eigenvalue weighted by Crippen LogP contribution is 2.27. The molecule has 1 aliphatic carbocycles. The molecule has 2 atom stereocenters. The molecule has 0 bridgehead atoms. The van der Waals surface area contributed by atoms with E-state index in [1.165, 1.54) is 0 Å². The van der Waals surface area contributed by atoms with Crippen molar-refractivity contribution in [2.45, 2.75) is 38.6 Å². The molecule has 0 amide bonds. The normalized spacial score (nSPS) is 24.4. The van der Waals surface area contributed by atoms with Gasteiger partial charge >= 0.3 is 0 Å². The molecule has 1 aromatic carbocycles. The fraction of sp³-hybridized carbons (Fsp3) is 0.684. The van der Waals surface area contributed by atoms with Crippen molar-refractivity contribution in [1.29, 1.82) is 0 Å². The minimum Gasteiger partial charge on any atom is -0.493 e. The molecule has 1 aliphatic heterocycles. The number of morpholine rings is 1. The number of sulfonamides is 1. The van der Waals surface area contributed by atoms with E-state index in [1.54, 1.807) is 6.92 Å². The van der Waals surface area contributed by atoms with Crippen LogP contribution in [0.2, 0.25) is 0 Å². The van der Waals surface area contributed by atoms with Crippen LogP contribution in [0.1, 0.15) is 32.6 Å². The van der Waals surface area contributed by atoms with Crippen molar-refractivity contribution >= 4 is 15.7 Å². The van der Waals surface area contributed by atoms with Crippen molar-refractivity contribution in [2.24, 2.45) is 5.92 Å². The summed E-state index contributed by atoms with van der Waals surface area (Å²) in [5.41, 5.74) is 1.15. The van der Waals surface area contributed by atoms with E-state index in [9.17, 15) is 8.42 Å². The number of rotatable bonds is 7. The summed E-state index contributed by atoms with van der Waals surface area (Å²) in [6.45, 7) is 5.52. The molecule has 0 unspecified atom stereocenters. The first-order valence-electron chi connectivity index (χ1n) is 9.63. The monoisotopic (exact) mass is 382 g/mol. The van der Waals surface area contributed by atoms with Gasteiger partial charge in [-0.3, -0.25) is 0 Å². The lowest BCUT2D eigenvalue weighted by molar-refractivity contribution is 0.122. The molecule has 146 valence electrons. The zero-order valence-electron chi connectivity index (χ0n) is 15.5. The molecule has 7 heteroatoms. The van der Waals surface area contributed by atoms with Crippen LogP contribution in [0.5, 0.6) is 5.75 Å². The van der Waals surface area contributed by atoms with Crippen LogP contribution in [-0.4, -0.2) is 53.1 Å². The van der Waals surface area contributed by atoms with Crippen LogP contribution in [0.4, 0.5) is 5.69 Å². The van der Waals surface area contributed by atoms with E-state index < -0.39 is 10.0 Å². The molecule has 2 fully saturated rings. The number of benzene rings is 1. The van der Waals surface area contributed by atoms with E-state index in [0.29, 0.717) is 6.61 Å². The number of hydrogen-bond acceptors (Lipinski definition) is 5. The van der Waals surface area contributed by atoms with Gasteiger partial charge in [0.25, 0.3) is 0 Å². The molecule has 26 heavy (non-hydrogen) atoms. The number of hydrogen-bond donors (Lipinski definition) is 1. The van der Waals surface area contributed by atoms with Crippen LogP contribution in [0.25, 0.3) is 0 Å². The van der Waals surface area contributed by atoms with Gasteiger partial charge in [-0.1, -0.05) is 18.9 Å². The van der Waals surface area contributed by atoms with Crippen LogP contribution >= 0.6 is 0 Å². The molecule has 1 heterocycles. The highest BCUT2D eigenvalue weighted by molar-refractivity contribution is 7.89. The zero-order chi connectivity index (χ0) is 18.4. The van der Waals surface area contributed by atoms with Gasteiger partial charge in [0.1, 0.15) is 5.75 Å². The minimum absolute atomic E-state index is 0.0175. The Morgan fingerprint density at radius 3 is 2.77 bits per heavy atom.